The Hall–Kier alpha value is -1.39. The third kappa shape index (κ3) is 3.81. The molecule has 0 saturated heterocycles. The minimum absolute atomic E-state index is 0.199. The van der Waals surface area contributed by atoms with Crippen molar-refractivity contribution in [2.45, 2.75) is 58.9 Å². The predicted octanol–water partition coefficient (Wildman–Crippen LogP) is 2.76. The lowest BCUT2D eigenvalue weighted by molar-refractivity contribution is -0.143. The summed E-state index contributed by atoms with van der Waals surface area (Å²) in [4.78, 5) is 15.8. The number of aliphatic carboxylic acids is 1. The molecule has 20 heavy (non-hydrogen) atoms. The van der Waals surface area contributed by atoms with E-state index in [-0.39, 0.29) is 11.8 Å². The number of carbonyl (C=O) groups is 1. The van der Waals surface area contributed by atoms with E-state index in [0.29, 0.717) is 5.92 Å². The zero-order valence-electron chi connectivity index (χ0n) is 12.5. The molecule has 2 unspecified atom stereocenters. The summed E-state index contributed by atoms with van der Waals surface area (Å²) in [5, 5.41) is 13.7. The summed E-state index contributed by atoms with van der Waals surface area (Å²) in [7, 11) is 0. The van der Waals surface area contributed by atoms with Crippen molar-refractivity contribution in [3.63, 3.8) is 0 Å². The third-order valence-electron chi connectivity index (χ3n) is 4.15. The maximum absolute atomic E-state index is 11.5. The first-order valence-corrected chi connectivity index (χ1v) is 7.67. The van der Waals surface area contributed by atoms with Crippen molar-refractivity contribution in [2.24, 2.45) is 17.8 Å². The lowest BCUT2D eigenvalue weighted by Gasteiger charge is -2.21. The Morgan fingerprint density at radius 2 is 2.15 bits per heavy atom. The van der Waals surface area contributed by atoms with Gasteiger partial charge in [-0.05, 0) is 24.7 Å². The second kappa shape index (κ2) is 6.86. The molecule has 1 heterocycles. The first kappa shape index (κ1) is 15.0. The average Bonchev–Trinajstić information content (AvgIpc) is 2.66. The summed E-state index contributed by atoms with van der Waals surface area (Å²) in [5.74, 6) is 0.787. The summed E-state index contributed by atoms with van der Waals surface area (Å²) in [6.07, 6.45) is 7.44. The molecule has 112 valence electrons. The first-order chi connectivity index (χ1) is 9.58. The van der Waals surface area contributed by atoms with E-state index < -0.39 is 5.97 Å². The van der Waals surface area contributed by atoms with Crippen molar-refractivity contribution in [2.75, 3.05) is 0 Å². The van der Waals surface area contributed by atoms with Gasteiger partial charge >= 0.3 is 5.97 Å². The van der Waals surface area contributed by atoms with Gasteiger partial charge in [-0.2, -0.15) is 5.10 Å². The molecule has 0 aromatic carbocycles. The number of hydrogen-bond donors (Lipinski definition) is 1. The van der Waals surface area contributed by atoms with Crippen LogP contribution in [0.25, 0.3) is 0 Å². The van der Waals surface area contributed by atoms with E-state index in [2.05, 4.69) is 23.9 Å². The molecule has 2 atom stereocenters. The third-order valence-corrected chi connectivity index (χ3v) is 4.15. The molecular formula is C15H25N3O2. The van der Waals surface area contributed by atoms with Crippen LogP contribution >= 0.6 is 0 Å². The van der Waals surface area contributed by atoms with Gasteiger partial charge in [0, 0.05) is 13.0 Å². The van der Waals surface area contributed by atoms with Crippen LogP contribution in [0, 0.1) is 17.8 Å². The Morgan fingerprint density at radius 1 is 1.40 bits per heavy atom. The van der Waals surface area contributed by atoms with Gasteiger partial charge < -0.3 is 5.11 Å². The van der Waals surface area contributed by atoms with E-state index in [1.54, 1.807) is 6.33 Å². The van der Waals surface area contributed by atoms with Gasteiger partial charge in [-0.3, -0.25) is 4.79 Å². The fourth-order valence-electron chi connectivity index (χ4n) is 3.13. The molecule has 1 aliphatic carbocycles. The van der Waals surface area contributed by atoms with Crippen molar-refractivity contribution in [3.8, 4) is 0 Å². The molecule has 2 rings (SSSR count). The Balaban J connectivity index is 2.09. The van der Waals surface area contributed by atoms with Gasteiger partial charge in [0.2, 0.25) is 0 Å². The molecule has 5 nitrogen and oxygen atoms in total. The Morgan fingerprint density at radius 3 is 2.85 bits per heavy atom. The van der Waals surface area contributed by atoms with Crippen LogP contribution in [0.15, 0.2) is 6.33 Å². The van der Waals surface area contributed by atoms with Gasteiger partial charge in [-0.15, -0.1) is 0 Å². The van der Waals surface area contributed by atoms with Gasteiger partial charge in [-0.1, -0.05) is 33.1 Å². The maximum atomic E-state index is 11.5. The average molecular weight is 279 g/mol. The molecule has 0 radical (unpaired) electrons. The predicted molar refractivity (Wildman–Crippen MR) is 76.3 cm³/mol. The fourth-order valence-corrected chi connectivity index (χ4v) is 3.13. The molecule has 1 saturated carbocycles. The summed E-state index contributed by atoms with van der Waals surface area (Å²) in [5.41, 5.74) is 0. The van der Waals surface area contributed by atoms with Crippen LogP contribution in [0.2, 0.25) is 0 Å². The van der Waals surface area contributed by atoms with E-state index in [1.807, 2.05) is 4.68 Å². The van der Waals surface area contributed by atoms with Crippen molar-refractivity contribution < 1.29 is 9.90 Å². The standard InChI is InChI=1S/C15H25N3O2/c1-11(2)9-18-14(16-10-17-18)8-12-6-4-3-5-7-13(12)15(19)20/h10-13H,3-9H2,1-2H3,(H,19,20). The molecule has 0 spiro atoms. The fraction of sp³-hybridized carbons (Fsp3) is 0.800. The molecule has 0 aliphatic heterocycles. The minimum atomic E-state index is -0.646. The maximum Gasteiger partial charge on any atom is 0.306 e. The summed E-state index contributed by atoms with van der Waals surface area (Å²) >= 11 is 0. The van der Waals surface area contributed by atoms with Gasteiger partial charge in [-0.25, -0.2) is 9.67 Å². The van der Waals surface area contributed by atoms with E-state index in [0.717, 1.165) is 50.9 Å². The monoisotopic (exact) mass is 279 g/mol. The van der Waals surface area contributed by atoms with Gasteiger partial charge in [0.25, 0.3) is 0 Å². The lowest BCUT2D eigenvalue weighted by Crippen LogP contribution is -2.26. The molecule has 1 N–H and O–H groups in total. The second-order valence-electron chi connectivity index (χ2n) is 6.30. The van der Waals surface area contributed by atoms with E-state index in [1.165, 1.54) is 0 Å². The van der Waals surface area contributed by atoms with E-state index in [9.17, 15) is 9.90 Å². The zero-order valence-corrected chi connectivity index (χ0v) is 12.5. The second-order valence-corrected chi connectivity index (χ2v) is 6.30. The van der Waals surface area contributed by atoms with Crippen molar-refractivity contribution in [1.29, 1.82) is 0 Å². The minimum Gasteiger partial charge on any atom is -0.481 e. The highest BCUT2D eigenvalue weighted by atomic mass is 16.4. The van der Waals surface area contributed by atoms with Crippen molar-refractivity contribution in [1.82, 2.24) is 14.8 Å². The largest absolute Gasteiger partial charge is 0.481 e. The topological polar surface area (TPSA) is 68.0 Å². The van der Waals surface area contributed by atoms with Crippen LogP contribution in [0.3, 0.4) is 0 Å². The normalized spacial score (nSPS) is 23.8. The Labute approximate surface area is 120 Å². The number of aromatic nitrogens is 3. The van der Waals surface area contributed by atoms with Gasteiger partial charge in [0.05, 0.1) is 5.92 Å². The van der Waals surface area contributed by atoms with Crippen LogP contribution in [-0.4, -0.2) is 25.8 Å². The summed E-state index contributed by atoms with van der Waals surface area (Å²) < 4.78 is 1.94. The van der Waals surface area contributed by atoms with Gasteiger partial charge in [0.1, 0.15) is 12.2 Å². The molecule has 1 fully saturated rings. The van der Waals surface area contributed by atoms with Crippen molar-refractivity contribution >= 4 is 5.97 Å². The highest BCUT2D eigenvalue weighted by Gasteiger charge is 2.30. The van der Waals surface area contributed by atoms with Crippen LogP contribution in [0.1, 0.15) is 51.8 Å². The molecule has 1 aromatic heterocycles. The molecule has 0 bridgehead atoms. The lowest BCUT2D eigenvalue weighted by atomic mass is 9.85. The summed E-state index contributed by atoms with van der Waals surface area (Å²) in [6.45, 7) is 5.15. The highest BCUT2D eigenvalue weighted by Crippen LogP contribution is 2.31. The SMILES string of the molecule is CC(C)Cn1ncnc1CC1CCCCCC1C(=O)O. The van der Waals surface area contributed by atoms with Crippen LogP contribution in [0.4, 0.5) is 0 Å². The molecule has 5 heteroatoms. The number of rotatable bonds is 5. The number of carboxylic acid groups (broad SMARTS) is 1. The molecule has 1 aliphatic rings. The van der Waals surface area contributed by atoms with Crippen LogP contribution in [-0.2, 0) is 17.8 Å². The van der Waals surface area contributed by atoms with Gasteiger partial charge in [0.15, 0.2) is 0 Å². The Bertz CT molecular complexity index is 442. The van der Waals surface area contributed by atoms with Crippen LogP contribution < -0.4 is 0 Å². The molecule has 0 amide bonds. The van der Waals surface area contributed by atoms with E-state index >= 15 is 0 Å². The highest BCUT2D eigenvalue weighted by molar-refractivity contribution is 5.70. The Kier molecular flexibility index (Phi) is 5.15. The van der Waals surface area contributed by atoms with Crippen LogP contribution in [0.5, 0.6) is 0 Å². The number of carboxylic acids is 1. The smallest absolute Gasteiger partial charge is 0.306 e. The number of hydrogen-bond acceptors (Lipinski definition) is 3. The number of nitrogens with zero attached hydrogens (tertiary/aromatic N) is 3. The first-order valence-electron chi connectivity index (χ1n) is 7.67. The van der Waals surface area contributed by atoms with Crippen molar-refractivity contribution in [3.05, 3.63) is 12.2 Å². The summed E-state index contributed by atoms with van der Waals surface area (Å²) in [6, 6.07) is 0. The molecule has 1 aromatic rings. The van der Waals surface area contributed by atoms with E-state index in [4.69, 9.17) is 0 Å². The zero-order chi connectivity index (χ0) is 14.5. The quantitative estimate of drug-likeness (QED) is 0.841. The molecular weight excluding hydrogens is 254 g/mol.